The molecular formula is C23H16Br2N2O. The molecule has 0 saturated carbocycles. The fourth-order valence-electron chi connectivity index (χ4n) is 3.02. The predicted molar refractivity (Wildman–Crippen MR) is 122 cm³/mol. The summed E-state index contributed by atoms with van der Waals surface area (Å²) in [5, 5.41) is 3.82. The fraction of sp³-hybridized carbons (Fsp3) is 0.0435. The third kappa shape index (κ3) is 3.86. The van der Waals surface area contributed by atoms with Gasteiger partial charge in [0.1, 0.15) is 0 Å². The molecule has 0 aliphatic rings. The molecule has 0 aliphatic heterocycles. The van der Waals surface area contributed by atoms with Gasteiger partial charge >= 0.3 is 0 Å². The maximum atomic E-state index is 13.1. The van der Waals surface area contributed by atoms with Gasteiger partial charge in [-0.2, -0.15) is 0 Å². The van der Waals surface area contributed by atoms with Crippen LogP contribution >= 0.6 is 31.9 Å². The van der Waals surface area contributed by atoms with Crippen LogP contribution in [0.4, 0.5) is 5.69 Å². The second-order valence-electron chi connectivity index (χ2n) is 6.52. The Labute approximate surface area is 180 Å². The minimum atomic E-state index is -0.171. The summed E-state index contributed by atoms with van der Waals surface area (Å²) < 4.78 is 1.75. The van der Waals surface area contributed by atoms with Crippen LogP contribution in [0.2, 0.25) is 0 Å². The molecule has 3 nitrogen and oxygen atoms in total. The van der Waals surface area contributed by atoms with Crippen molar-refractivity contribution in [1.82, 2.24) is 4.98 Å². The largest absolute Gasteiger partial charge is 0.321 e. The molecule has 28 heavy (non-hydrogen) atoms. The van der Waals surface area contributed by atoms with Crippen LogP contribution in [0.3, 0.4) is 0 Å². The molecule has 0 fully saturated rings. The zero-order valence-electron chi connectivity index (χ0n) is 15.0. The molecular weight excluding hydrogens is 480 g/mol. The Hall–Kier alpha value is -2.50. The minimum absolute atomic E-state index is 0.171. The summed E-state index contributed by atoms with van der Waals surface area (Å²) in [7, 11) is 0. The SMILES string of the molecule is Cc1ccc(-c2cc(C(=O)Nc3ccc(Br)cc3Br)c3ccccc3n2)cc1. The van der Waals surface area contributed by atoms with Gasteiger partial charge in [-0.25, -0.2) is 4.98 Å². The fourth-order valence-corrected chi connectivity index (χ4v) is 4.16. The number of aromatic nitrogens is 1. The average Bonchev–Trinajstić information content (AvgIpc) is 2.69. The zero-order chi connectivity index (χ0) is 19.7. The van der Waals surface area contributed by atoms with Gasteiger partial charge < -0.3 is 5.32 Å². The van der Waals surface area contributed by atoms with Gasteiger partial charge in [0.25, 0.3) is 5.91 Å². The molecule has 0 aliphatic carbocycles. The topological polar surface area (TPSA) is 42.0 Å². The summed E-state index contributed by atoms with van der Waals surface area (Å²) in [5.41, 5.74) is 5.04. The third-order valence-electron chi connectivity index (χ3n) is 4.49. The van der Waals surface area contributed by atoms with E-state index in [1.165, 1.54) is 5.56 Å². The highest BCUT2D eigenvalue weighted by molar-refractivity contribution is 9.11. The van der Waals surface area contributed by atoms with Crippen LogP contribution in [-0.4, -0.2) is 10.9 Å². The van der Waals surface area contributed by atoms with Gasteiger partial charge in [0.05, 0.1) is 22.5 Å². The number of pyridine rings is 1. The van der Waals surface area contributed by atoms with Crippen molar-refractivity contribution in [3.05, 3.63) is 92.9 Å². The molecule has 0 bridgehead atoms. The average molecular weight is 496 g/mol. The second kappa shape index (κ2) is 7.86. The number of hydrogen-bond donors (Lipinski definition) is 1. The van der Waals surface area contributed by atoms with Crippen molar-refractivity contribution in [2.75, 3.05) is 5.32 Å². The minimum Gasteiger partial charge on any atom is -0.321 e. The van der Waals surface area contributed by atoms with E-state index in [2.05, 4.69) is 37.2 Å². The molecule has 4 rings (SSSR count). The Morgan fingerprint density at radius 3 is 2.43 bits per heavy atom. The van der Waals surface area contributed by atoms with Gasteiger partial charge in [-0.05, 0) is 53.2 Å². The molecule has 4 aromatic rings. The maximum Gasteiger partial charge on any atom is 0.256 e. The molecule has 0 unspecified atom stereocenters. The number of amides is 1. The van der Waals surface area contributed by atoms with Gasteiger partial charge in [-0.15, -0.1) is 0 Å². The number of hydrogen-bond acceptors (Lipinski definition) is 2. The zero-order valence-corrected chi connectivity index (χ0v) is 18.2. The highest BCUT2D eigenvalue weighted by Crippen LogP contribution is 2.29. The van der Waals surface area contributed by atoms with Crippen molar-refractivity contribution in [3.8, 4) is 11.3 Å². The summed E-state index contributed by atoms with van der Waals surface area (Å²) in [5.74, 6) is -0.171. The van der Waals surface area contributed by atoms with E-state index in [1.54, 1.807) is 0 Å². The van der Waals surface area contributed by atoms with Crippen molar-refractivity contribution < 1.29 is 4.79 Å². The van der Waals surface area contributed by atoms with E-state index < -0.39 is 0 Å². The molecule has 0 radical (unpaired) electrons. The van der Waals surface area contributed by atoms with Crippen molar-refractivity contribution in [1.29, 1.82) is 0 Å². The van der Waals surface area contributed by atoms with E-state index in [-0.39, 0.29) is 5.91 Å². The summed E-state index contributed by atoms with van der Waals surface area (Å²) in [6.45, 7) is 2.05. The number of halogens is 2. The van der Waals surface area contributed by atoms with Crippen molar-refractivity contribution in [2.24, 2.45) is 0 Å². The first-order chi connectivity index (χ1) is 13.5. The highest BCUT2D eigenvalue weighted by Gasteiger charge is 2.15. The Morgan fingerprint density at radius 1 is 0.929 bits per heavy atom. The van der Waals surface area contributed by atoms with E-state index in [1.807, 2.05) is 79.7 Å². The molecule has 138 valence electrons. The van der Waals surface area contributed by atoms with Crippen LogP contribution in [0, 0.1) is 6.92 Å². The van der Waals surface area contributed by atoms with Crippen LogP contribution in [0.25, 0.3) is 22.2 Å². The summed E-state index contributed by atoms with van der Waals surface area (Å²) in [6, 6.07) is 23.4. The number of carbonyl (C=O) groups excluding carboxylic acids is 1. The standard InChI is InChI=1S/C23H16Br2N2O/c1-14-6-8-15(9-7-14)22-13-18(17-4-2-3-5-20(17)26-22)23(28)27-21-11-10-16(24)12-19(21)25/h2-13H,1H3,(H,27,28). The lowest BCUT2D eigenvalue weighted by molar-refractivity contribution is 0.102. The maximum absolute atomic E-state index is 13.1. The van der Waals surface area contributed by atoms with Gasteiger partial charge in [-0.3, -0.25) is 4.79 Å². The predicted octanol–water partition coefficient (Wildman–Crippen LogP) is 6.99. The summed E-state index contributed by atoms with van der Waals surface area (Å²) in [4.78, 5) is 17.9. The number of benzene rings is 3. The van der Waals surface area contributed by atoms with Crippen LogP contribution in [0.1, 0.15) is 15.9 Å². The number of rotatable bonds is 3. The van der Waals surface area contributed by atoms with Crippen LogP contribution in [0.15, 0.2) is 81.7 Å². The van der Waals surface area contributed by atoms with Crippen LogP contribution in [-0.2, 0) is 0 Å². The number of nitrogens with one attached hydrogen (secondary N) is 1. The van der Waals surface area contributed by atoms with Crippen LogP contribution in [0.5, 0.6) is 0 Å². The number of aryl methyl sites for hydroxylation is 1. The first-order valence-electron chi connectivity index (χ1n) is 8.74. The van der Waals surface area contributed by atoms with Gasteiger partial charge in [0, 0.05) is 19.9 Å². The number of fused-ring (bicyclic) bond motifs is 1. The molecule has 1 N–H and O–H groups in total. The van der Waals surface area contributed by atoms with Gasteiger partial charge in [0.2, 0.25) is 0 Å². The first-order valence-corrected chi connectivity index (χ1v) is 10.3. The quantitative estimate of drug-likeness (QED) is 0.333. The Bertz CT molecular complexity index is 1190. The lowest BCUT2D eigenvalue weighted by Gasteiger charge is -2.12. The van der Waals surface area contributed by atoms with Crippen molar-refractivity contribution >= 4 is 54.4 Å². The molecule has 0 atom stereocenters. The van der Waals surface area contributed by atoms with Crippen molar-refractivity contribution in [2.45, 2.75) is 6.92 Å². The first kappa shape index (κ1) is 18.8. The molecule has 0 spiro atoms. The second-order valence-corrected chi connectivity index (χ2v) is 8.29. The lowest BCUT2D eigenvalue weighted by Crippen LogP contribution is -2.13. The molecule has 0 saturated heterocycles. The normalized spacial score (nSPS) is 10.8. The van der Waals surface area contributed by atoms with Crippen LogP contribution < -0.4 is 5.32 Å². The summed E-state index contributed by atoms with van der Waals surface area (Å²) >= 11 is 6.93. The molecule has 5 heteroatoms. The number of para-hydroxylation sites is 1. The third-order valence-corrected chi connectivity index (χ3v) is 5.64. The van der Waals surface area contributed by atoms with Crippen molar-refractivity contribution in [3.63, 3.8) is 0 Å². The lowest BCUT2D eigenvalue weighted by atomic mass is 10.0. The molecule has 3 aromatic carbocycles. The van der Waals surface area contributed by atoms with E-state index in [0.29, 0.717) is 11.3 Å². The highest BCUT2D eigenvalue weighted by atomic mass is 79.9. The number of nitrogens with zero attached hydrogens (tertiary/aromatic N) is 1. The Kier molecular flexibility index (Phi) is 5.29. The monoisotopic (exact) mass is 494 g/mol. The van der Waals surface area contributed by atoms with E-state index in [4.69, 9.17) is 4.98 Å². The Balaban J connectivity index is 1.80. The van der Waals surface area contributed by atoms with E-state index in [0.717, 1.165) is 31.1 Å². The smallest absolute Gasteiger partial charge is 0.256 e. The van der Waals surface area contributed by atoms with E-state index in [9.17, 15) is 4.79 Å². The van der Waals surface area contributed by atoms with Gasteiger partial charge in [0.15, 0.2) is 0 Å². The number of carbonyl (C=O) groups is 1. The molecule has 1 aromatic heterocycles. The Morgan fingerprint density at radius 2 is 1.68 bits per heavy atom. The molecule has 1 amide bonds. The summed E-state index contributed by atoms with van der Waals surface area (Å²) in [6.07, 6.45) is 0. The van der Waals surface area contributed by atoms with E-state index >= 15 is 0 Å². The number of anilines is 1. The van der Waals surface area contributed by atoms with Gasteiger partial charge in [-0.1, -0.05) is 64.0 Å². The molecule has 1 heterocycles.